The Morgan fingerprint density at radius 3 is 1.74 bits per heavy atom. The third kappa shape index (κ3) is 9.73. The van der Waals surface area contributed by atoms with Crippen molar-refractivity contribution in [1.29, 1.82) is 0 Å². The van der Waals surface area contributed by atoms with Crippen LogP contribution in [0.3, 0.4) is 0 Å². The van der Waals surface area contributed by atoms with Gasteiger partial charge in [0.2, 0.25) is 5.76 Å². The van der Waals surface area contributed by atoms with Crippen LogP contribution in [0.5, 0.6) is 0 Å². The van der Waals surface area contributed by atoms with Crippen molar-refractivity contribution < 1.29 is 124 Å². The zero-order valence-corrected chi connectivity index (χ0v) is 18.3. The van der Waals surface area contributed by atoms with E-state index in [1.54, 1.807) is 0 Å². The second kappa shape index (κ2) is 13.3. The molecule has 1 heterocycles. The van der Waals surface area contributed by atoms with Gasteiger partial charge in [0.1, 0.15) is 6.10 Å². The van der Waals surface area contributed by atoms with Gasteiger partial charge in [0.25, 0.3) is 0 Å². The normalized spacial score (nSPS) is 16.7. The molecule has 0 aromatic heterocycles. The summed E-state index contributed by atoms with van der Waals surface area (Å²) in [6.07, 6.45) is -5.37. The van der Waals surface area contributed by atoms with Crippen molar-refractivity contribution in [3.05, 3.63) is 11.5 Å². The SMILES string of the molecule is O=C([O-])CC(O)(CC(=O)[O-])C(=O)O.O=C1O[C@H]([C@@H](O)CO)C(O)=C1O.[Na+].[Na+]. The van der Waals surface area contributed by atoms with Crippen LogP contribution in [0.25, 0.3) is 0 Å². The van der Waals surface area contributed by atoms with Gasteiger partial charge < -0.3 is 55.2 Å². The summed E-state index contributed by atoms with van der Waals surface area (Å²) in [7, 11) is 0. The van der Waals surface area contributed by atoms with Gasteiger partial charge in [-0.2, -0.15) is 0 Å². The fourth-order valence-corrected chi connectivity index (χ4v) is 1.51. The quantitative estimate of drug-likeness (QED) is 0.168. The number of carbonyl (C=O) groups excluding carboxylic acids is 3. The summed E-state index contributed by atoms with van der Waals surface area (Å²) in [4.78, 5) is 40.7. The molecule has 0 radical (unpaired) electrons. The van der Waals surface area contributed by atoms with Gasteiger partial charge in [-0.3, -0.25) is 0 Å². The number of aliphatic carboxylic acids is 3. The molecule has 0 aliphatic carbocycles. The van der Waals surface area contributed by atoms with Gasteiger partial charge in [0, 0.05) is 24.8 Å². The van der Waals surface area contributed by atoms with E-state index < -0.39 is 72.7 Å². The zero-order chi connectivity index (χ0) is 19.9. The van der Waals surface area contributed by atoms with Gasteiger partial charge >= 0.3 is 71.1 Å². The minimum atomic E-state index is -2.86. The minimum absolute atomic E-state index is 0. The average molecular weight is 412 g/mol. The number of cyclic esters (lactones) is 1. The molecule has 0 fully saturated rings. The molecule has 142 valence electrons. The van der Waals surface area contributed by atoms with Gasteiger partial charge in [-0.15, -0.1) is 0 Å². The Kier molecular flexibility index (Phi) is 15.2. The van der Waals surface area contributed by atoms with E-state index in [1.807, 2.05) is 0 Å². The molecule has 0 bridgehead atoms. The molecule has 2 atom stereocenters. The molecular weight excluding hydrogens is 398 g/mol. The summed E-state index contributed by atoms with van der Waals surface area (Å²) in [6.45, 7) is -0.671. The maximum atomic E-state index is 10.5. The number of rotatable bonds is 7. The summed E-state index contributed by atoms with van der Waals surface area (Å²) < 4.78 is 4.32. The van der Waals surface area contributed by atoms with Crippen LogP contribution >= 0.6 is 0 Å². The Morgan fingerprint density at radius 2 is 1.52 bits per heavy atom. The van der Waals surface area contributed by atoms with E-state index >= 15 is 0 Å². The van der Waals surface area contributed by atoms with E-state index in [4.69, 9.17) is 30.6 Å². The molecule has 0 amide bonds. The van der Waals surface area contributed by atoms with Gasteiger partial charge in [-0.05, 0) is 0 Å². The topological polar surface area (TPSA) is 245 Å². The van der Waals surface area contributed by atoms with Crippen LogP contribution in [-0.2, 0) is 23.9 Å². The summed E-state index contributed by atoms with van der Waals surface area (Å²) in [5, 5.41) is 72.2. The van der Waals surface area contributed by atoms with Crippen molar-refractivity contribution in [3.63, 3.8) is 0 Å². The molecule has 0 aromatic rings. The molecule has 27 heavy (non-hydrogen) atoms. The van der Waals surface area contributed by atoms with Crippen LogP contribution in [-0.4, -0.2) is 78.9 Å². The van der Waals surface area contributed by atoms with Crippen LogP contribution in [0, 0.1) is 0 Å². The van der Waals surface area contributed by atoms with E-state index in [9.17, 15) is 29.4 Å². The summed E-state index contributed by atoms with van der Waals surface area (Å²) in [5.41, 5.74) is -2.86. The zero-order valence-electron chi connectivity index (χ0n) is 14.3. The van der Waals surface area contributed by atoms with Crippen LogP contribution in [0.1, 0.15) is 12.8 Å². The van der Waals surface area contributed by atoms with Crippen LogP contribution < -0.4 is 69.3 Å². The molecule has 1 rings (SSSR count). The second-order valence-corrected chi connectivity index (χ2v) is 4.74. The first-order chi connectivity index (χ1) is 11.4. The summed E-state index contributed by atoms with van der Waals surface area (Å²) >= 11 is 0. The first-order valence-corrected chi connectivity index (χ1v) is 6.33. The predicted molar refractivity (Wildman–Crippen MR) is 67.1 cm³/mol. The number of carbonyl (C=O) groups is 4. The molecule has 0 spiro atoms. The molecule has 0 saturated carbocycles. The Bertz CT molecular complexity index is 572. The summed E-state index contributed by atoms with van der Waals surface area (Å²) in [5.74, 6) is -8.43. The number of carboxylic acids is 3. The number of hydrogen-bond donors (Lipinski definition) is 6. The number of carboxylic acid groups (broad SMARTS) is 3. The maximum absolute atomic E-state index is 10.5. The molecule has 0 unspecified atom stereocenters. The fourth-order valence-electron chi connectivity index (χ4n) is 1.51. The number of ether oxygens (including phenoxy) is 1. The van der Waals surface area contributed by atoms with Crippen molar-refractivity contribution in [2.75, 3.05) is 6.61 Å². The maximum Gasteiger partial charge on any atom is 1.00 e. The van der Waals surface area contributed by atoms with Crippen LogP contribution in [0.4, 0.5) is 0 Å². The van der Waals surface area contributed by atoms with Crippen molar-refractivity contribution in [2.45, 2.75) is 30.7 Å². The monoisotopic (exact) mass is 412 g/mol. The summed E-state index contributed by atoms with van der Waals surface area (Å²) in [6, 6.07) is 0. The molecule has 6 N–H and O–H groups in total. The van der Waals surface area contributed by atoms with E-state index in [0.29, 0.717) is 0 Å². The van der Waals surface area contributed by atoms with Crippen LogP contribution in [0.15, 0.2) is 11.5 Å². The van der Waals surface area contributed by atoms with Crippen LogP contribution in [0.2, 0.25) is 0 Å². The van der Waals surface area contributed by atoms with E-state index in [1.165, 1.54) is 0 Å². The first kappa shape index (κ1) is 30.8. The Labute approximate surface area is 195 Å². The molecule has 15 heteroatoms. The van der Waals surface area contributed by atoms with Crippen molar-refractivity contribution in [2.24, 2.45) is 0 Å². The molecular formula is C12H14Na2O13. The van der Waals surface area contributed by atoms with E-state index in [0.717, 1.165) is 0 Å². The fraction of sp³-hybridized carbons (Fsp3) is 0.500. The van der Waals surface area contributed by atoms with Crippen molar-refractivity contribution >= 4 is 23.9 Å². The Balaban J connectivity index is -0.000000398. The predicted octanol–water partition coefficient (Wildman–Crippen LogP) is -11.3. The minimum Gasteiger partial charge on any atom is -0.550 e. The molecule has 0 saturated heterocycles. The number of aliphatic hydroxyl groups excluding tert-OH is 4. The second-order valence-electron chi connectivity index (χ2n) is 4.74. The van der Waals surface area contributed by atoms with E-state index in [-0.39, 0.29) is 59.1 Å². The van der Waals surface area contributed by atoms with Crippen molar-refractivity contribution in [1.82, 2.24) is 0 Å². The third-order valence-electron chi connectivity index (χ3n) is 2.75. The molecule has 1 aliphatic rings. The molecule has 13 nitrogen and oxygen atoms in total. The van der Waals surface area contributed by atoms with Gasteiger partial charge in [0.15, 0.2) is 17.5 Å². The Morgan fingerprint density at radius 1 is 1.11 bits per heavy atom. The van der Waals surface area contributed by atoms with Gasteiger partial charge in [0.05, 0.1) is 6.61 Å². The number of aliphatic hydroxyl groups is 5. The van der Waals surface area contributed by atoms with Crippen molar-refractivity contribution in [3.8, 4) is 0 Å². The molecule has 1 aliphatic heterocycles. The standard InChI is InChI=1S/C6H8O7.C6H8O6.2Na/c7-3(8)1-6(13,5(11)12)2-4(9)10;7-1-2(8)5-3(9)4(10)6(11)12-5;;/h13H,1-2H2,(H,7,8)(H,9,10)(H,11,12);2,5,7-10H,1H2;;/q;;2*+1/p-2/t;2-,5+;;/m.0../s1. The Hall–Kier alpha value is -0.900. The van der Waals surface area contributed by atoms with Gasteiger partial charge in [-0.1, -0.05) is 0 Å². The smallest absolute Gasteiger partial charge is 0.550 e. The number of hydrogen-bond acceptors (Lipinski definition) is 12. The third-order valence-corrected chi connectivity index (χ3v) is 2.75. The average Bonchev–Trinajstić information content (AvgIpc) is 2.73. The first-order valence-electron chi connectivity index (χ1n) is 6.33. The number of esters is 1. The largest absolute Gasteiger partial charge is 1.00 e. The van der Waals surface area contributed by atoms with E-state index in [2.05, 4.69) is 4.74 Å². The molecule has 0 aromatic carbocycles. The van der Waals surface area contributed by atoms with Gasteiger partial charge in [-0.25, -0.2) is 9.59 Å².